The van der Waals surface area contributed by atoms with E-state index in [0.29, 0.717) is 18.5 Å². The quantitative estimate of drug-likeness (QED) is 0.622. The second-order valence-corrected chi connectivity index (χ2v) is 6.94. The van der Waals surface area contributed by atoms with E-state index in [2.05, 4.69) is 4.90 Å². The number of fused-ring (bicyclic) bond motifs is 1. The van der Waals surface area contributed by atoms with Gasteiger partial charge in [0.2, 0.25) is 5.91 Å². The highest BCUT2D eigenvalue weighted by Gasteiger charge is 2.28. The van der Waals surface area contributed by atoms with Gasteiger partial charge in [-0.2, -0.15) is 0 Å². The van der Waals surface area contributed by atoms with Crippen LogP contribution in [0.5, 0.6) is 0 Å². The van der Waals surface area contributed by atoms with E-state index in [4.69, 9.17) is 0 Å². The highest BCUT2D eigenvalue weighted by Crippen LogP contribution is 2.37. The van der Waals surface area contributed by atoms with Crippen LogP contribution < -0.4 is 9.80 Å². The Morgan fingerprint density at radius 1 is 0.857 bits per heavy atom. The van der Waals surface area contributed by atoms with Crippen molar-refractivity contribution in [2.24, 2.45) is 0 Å². The lowest BCUT2D eigenvalue weighted by Gasteiger charge is -2.26. The zero-order valence-corrected chi connectivity index (χ0v) is 15.8. The molecule has 3 aromatic carbocycles. The maximum atomic E-state index is 13.0. The number of Topliss-reactive ketones (excluding diaryl/α,β-unsaturated/α-hetero) is 1. The van der Waals surface area contributed by atoms with Crippen molar-refractivity contribution in [1.82, 2.24) is 0 Å². The van der Waals surface area contributed by atoms with Gasteiger partial charge in [-0.1, -0.05) is 54.6 Å². The summed E-state index contributed by atoms with van der Waals surface area (Å²) in [5, 5.41) is 0. The lowest BCUT2D eigenvalue weighted by molar-refractivity contribution is -0.118. The van der Waals surface area contributed by atoms with Gasteiger partial charge in [-0.25, -0.2) is 0 Å². The number of anilines is 3. The summed E-state index contributed by atoms with van der Waals surface area (Å²) in [5.41, 5.74) is 4.34. The fraction of sp³-hybridized carbons (Fsp3) is 0.167. The zero-order chi connectivity index (χ0) is 19.5. The summed E-state index contributed by atoms with van der Waals surface area (Å²) in [4.78, 5) is 29.7. The molecule has 28 heavy (non-hydrogen) atoms. The Morgan fingerprint density at radius 3 is 2.25 bits per heavy atom. The van der Waals surface area contributed by atoms with Crippen molar-refractivity contribution in [2.45, 2.75) is 13.3 Å². The van der Waals surface area contributed by atoms with Gasteiger partial charge in [0.1, 0.15) is 0 Å². The second kappa shape index (κ2) is 7.69. The number of ketones is 1. The number of aryl methyl sites for hydroxylation is 1. The van der Waals surface area contributed by atoms with Crippen LogP contribution in [0.3, 0.4) is 0 Å². The van der Waals surface area contributed by atoms with E-state index in [-0.39, 0.29) is 18.2 Å². The molecule has 0 saturated carbocycles. The molecule has 0 unspecified atom stereocenters. The summed E-state index contributed by atoms with van der Waals surface area (Å²) in [5.74, 6) is -0.0813. The van der Waals surface area contributed by atoms with Crippen molar-refractivity contribution < 1.29 is 9.59 Å². The summed E-state index contributed by atoms with van der Waals surface area (Å²) in [7, 11) is 0. The summed E-state index contributed by atoms with van der Waals surface area (Å²) in [6, 6.07) is 25.3. The average molecular weight is 370 g/mol. The van der Waals surface area contributed by atoms with E-state index < -0.39 is 0 Å². The van der Waals surface area contributed by atoms with Gasteiger partial charge in [0.15, 0.2) is 5.78 Å². The molecule has 1 amide bonds. The van der Waals surface area contributed by atoms with E-state index in [1.165, 1.54) is 0 Å². The van der Waals surface area contributed by atoms with Crippen LogP contribution in [-0.4, -0.2) is 24.8 Å². The fourth-order valence-electron chi connectivity index (χ4n) is 3.68. The molecule has 3 aromatic rings. The highest BCUT2D eigenvalue weighted by atomic mass is 16.2. The van der Waals surface area contributed by atoms with Crippen LogP contribution in [0.1, 0.15) is 22.3 Å². The van der Waals surface area contributed by atoms with E-state index in [0.717, 1.165) is 22.6 Å². The first-order chi connectivity index (χ1) is 13.6. The summed E-state index contributed by atoms with van der Waals surface area (Å²) in [6.45, 7) is 2.54. The molecule has 1 heterocycles. The number of hydrogen-bond donors (Lipinski definition) is 0. The Hall–Kier alpha value is -3.40. The van der Waals surface area contributed by atoms with E-state index >= 15 is 0 Å². The Morgan fingerprint density at radius 2 is 1.50 bits per heavy atom. The van der Waals surface area contributed by atoms with Crippen molar-refractivity contribution in [3.63, 3.8) is 0 Å². The first-order valence-corrected chi connectivity index (χ1v) is 9.46. The van der Waals surface area contributed by atoms with Gasteiger partial charge in [-0.15, -0.1) is 0 Å². The van der Waals surface area contributed by atoms with Crippen molar-refractivity contribution in [2.75, 3.05) is 22.9 Å². The van der Waals surface area contributed by atoms with Gasteiger partial charge in [-0.3, -0.25) is 9.59 Å². The fourth-order valence-corrected chi connectivity index (χ4v) is 3.68. The first kappa shape index (κ1) is 18.0. The summed E-state index contributed by atoms with van der Waals surface area (Å²) < 4.78 is 0. The topological polar surface area (TPSA) is 40.6 Å². The molecule has 0 saturated heterocycles. The molecule has 1 aliphatic heterocycles. The van der Waals surface area contributed by atoms with Crippen molar-refractivity contribution in [1.29, 1.82) is 0 Å². The predicted octanol–water partition coefficient (Wildman–Crippen LogP) is 4.75. The molecular formula is C24H22N2O2. The van der Waals surface area contributed by atoms with Gasteiger partial charge in [-0.05, 0) is 36.8 Å². The van der Waals surface area contributed by atoms with Gasteiger partial charge >= 0.3 is 0 Å². The Bertz CT molecular complexity index is 1010. The molecule has 0 radical (unpaired) electrons. The lowest BCUT2D eigenvalue weighted by atomic mass is 10.0. The predicted molar refractivity (Wildman–Crippen MR) is 112 cm³/mol. The molecular weight excluding hydrogens is 348 g/mol. The number of para-hydroxylation sites is 3. The van der Waals surface area contributed by atoms with Crippen LogP contribution in [0.25, 0.3) is 0 Å². The van der Waals surface area contributed by atoms with Crippen LogP contribution in [0.2, 0.25) is 0 Å². The number of carbonyl (C=O) groups excluding carboxylic acids is 2. The second-order valence-electron chi connectivity index (χ2n) is 6.94. The number of hydrogen-bond acceptors (Lipinski definition) is 3. The van der Waals surface area contributed by atoms with Crippen LogP contribution >= 0.6 is 0 Å². The van der Waals surface area contributed by atoms with Gasteiger partial charge in [0.25, 0.3) is 0 Å². The highest BCUT2D eigenvalue weighted by molar-refractivity contribution is 6.08. The molecule has 0 bridgehead atoms. The molecule has 0 atom stereocenters. The summed E-state index contributed by atoms with van der Waals surface area (Å²) in [6.07, 6.45) is 0.352. The van der Waals surface area contributed by atoms with Crippen LogP contribution in [-0.2, 0) is 4.79 Å². The zero-order valence-electron chi connectivity index (χ0n) is 15.8. The molecule has 1 aliphatic rings. The van der Waals surface area contributed by atoms with E-state index in [9.17, 15) is 9.59 Å². The van der Waals surface area contributed by atoms with Crippen LogP contribution in [0.15, 0.2) is 78.9 Å². The third-order valence-electron chi connectivity index (χ3n) is 5.13. The number of rotatable bonds is 4. The van der Waals surface area contributed by atoms with E-state index in [1.54, 1.807) is 4.90 Å². The molecule has 140 valence electrons. The third kappa shape index (κ3) is 3.41. The minimum absolute atomic E-state index is 0.0344. The van der Waals surface area contributed by atoms with Crippen molar-refractivity contribution >= 4 is 28.8 Å². The number of benzene rings is 3. The van der Waals surface area contributed by atoms with Crippen molar-refractivity contribution in [3.05, 3.63) is 90.0 Å². The van der Waals surface area contributed by atoms with Gasteiger partial charge in [0.05, 0.1) is 17.9 Å². The molecule has 0 fully saturated rings. The standard InChI is InChI=1S/C24H22N2O2/c1-18-9-5-6-12-20(18)23(27)17-26-22-14-8-7-13-21(22)25(16-15-24(26)28)19-10-3-2-4-11-19/h2-14H,15-17H2,1H3. The maximum Gasteiger partial charge on any atom is 0.229 e. The average Bonchev–Trinajstić information content (AvgIpc) is 2.86. The molecule has 4 rings (SSSR count). The van der Waals surface area contributed by atoms with Crippen LogP contribution in [0.4, 0.5) is 17.1 Å². The Balaban J connectivity index is 1.72. The van der Waals surface area contributed by atoms with Crippen LogP contribution in [0, 0.1) is 6.92 Å². The molecule has 0 spiro atoms. The van der Waals surface area contributed by atoms with Crippen molar-refractivity contribution in [3.8, 4) is 0 Å². The smallest absolute Gasteiger partial charge is 0.229 e. The Kier molecular flexibility index (Phi) is 4.94. The largest absolute Gasteiger partial charge is 0.339 e. The SMILES string of the molecule is Cc1ccccc1C(=O)CN1C(=O)CCN(c2ccccc2)c2ccccc21. The maximum absolute atomic E-state index is 13.0. The molecule has 4 nitrogen and oxygen atoms in total. The number of carbonyl (C=O) groups is 2. The minimum Gasteiger partial charge on any atom is -0.339 e. The molecule has 4 heteroatoms. The lowest BCUT2D eigenvalue weighted by Crippen LogP contribution is -2.35. The minimum atomic E-state index is -0.0468. The number of amides is 1. The van der Waals surface area contributed by atoms with Gasteiger partial charge < -0.3 is 9.80 Å². The van der Waals surface area contributed by atoms with Gasteiger partial charge in [0, 0.05) is 24.2 Å². The first-order valence-electron chi connectivity index (χ1n) is 9.46. The molecule has 0 aliphatic carbocycles. The normalized spacial score (nSPS) is 13.8. The number of nitrogens with zero attached hydrogens (tertiary/aromatic N) is 2. The Labute approximate surface area is 165 Å². The molecule has 0 aromatic heterocycles. The third-order valence-corrected chi connectivity index (χ3v) is 5.13. The van der Waals surface area contributed by atoms with E-state index in [1.807, 2.05) is 85.8 Å². The monoisotopic (exact) mass is 370 g/mol. The summed E-state index contributed by atoms with van der Waals surface area (Å²) >= 11 is 0. The molecule has 0 N–H and O–H groups in total.